The third-order valence-corrected chi connectivity index (χ3v) is 8.73. The first-order valence-electron chi connectivity index (χ1n) is 13.7. The molecule has 1 aliphatic carbocycles. The molecule has 1 fully saturated rings. The quantitative estimate of drug-likeness (QED) is 0.133. The van der Waals surface area contributed by atoms with Crippen LogP contribution in [0.25, 0.3) is 22.5 Å². The summed E-state index contributed by atoms with van der Waals surface area (Å²) in [5.74, 6) is 0.664. The molecule has 1 N–H and O–H groups in total. The Morgan fingerprint density at radius 2 is 1.67 bits per heavy atom. The molecule has 1 aliphatic rings. The van der Waals surface area contributed by atoms with E-state index in [0.29, 0.717) is 13.0 Å². The minimum absolute atomic E-state index is 0.0428. The van der Waals surface area contributed by atoms with E-state index in [1.165, 1.54) is 14.7 Å². The number of hydrogen-bond donors (Lipinski definition) is 1. The number of nitrogens with zero attached hydrogens (tertiary/aromatic N) is 1. The molecule has 6 heteroatoms. The van der Waals surface area contributed by atoms with E-state index < -0.39 is 0 Å². The van der Waals surface area contributed by atoms with Gasteiger partial charge in [-0.05, 0) is 97.4 Å². The molecule has 202 valence electrons. The Morgan fingerprint density at radius 3 is 2.31 bits per heavy atom. The highest BCUT2D eigenvalue weighted by Crippen LogP contribution is 2.51. The molecule has 0 radical (unpaired) electrons. The van der Waals surface area contributed by atoms with Gasteiger partial charge >= 0.3 is 5.97 Å². The highest BCUT2D eigenvalue weighted by atomic mass is 127. The summed E-state index contributed by atoms with van der Waals surface area (Å²) < 4.78 is 12.3. The van der Waals surface area contributed by atoms with E-state index in [0.717, 1.165) is 59.5 Å². The second-order valence-corrected chi connectivity index (χ2v) is 11.7. The molecule has 1 heterocycles. The Hall–Kier alpha value is -3.13. The van der Waals surface area contributed by atoms with Gasteiger partial charge in [-0.25, -0.2) is 0 Å². The molecular formula is C33H35IN2O3. The first kappa shape index (κ1) is 27.4. The maximum Gasteiger partial charge on any atom is 0.306 e. The van der Waals surface area contributed by atoms with Crippen molar-refractivity contribution in [1.82, 2.24) is 5.16 Å². The summed E-state index contributed by atoms with van der Waals surface area (Å²) >= 11 is 2.41. The number of esters is 1. The first-order valence-corrected chi connectivity index (χ1v) is 14.8. The van der Waals surface area contributed by atoms with Crippen molar-refractivity contribution in [2.24, 2.45) is 0 Å². The average molecular weight is 635 g/mol. The molecule has 0 amide bonds. The molecule has 39 heavy (non-hydrogen) atoms. The number of rotatable bonds is 11. The lowest BCUT2D eigenvalue weighted by molar-refractivity contribution is -0.143. The number of aryl methyl sites for hydroxylation is 2. The van der Waals surface area contributed by atoms with Crippen LogP contribution < -0.4 is 5.32 Å². The molecule has 1 atom stereocenters. The SMILES string of the molecule is CCOC(=O)CC1(c2ccc(-c3ccc(-c4onc(C)c4NC(C)CCc4ccccc4I)cc3)cc2)CC1. The average Bonchev–Trinajstić information content (AvgIpc) is 3.64. The molecule has 0 saturated heterocycles. The number of carbonyl (C=O) groups excluding carboxylic acids is 1. The van der Waals surface area contributed by atoms with Crippen molar-refractivity contribution in [2.75, 3.05) is 11.9 Å². The standard InChI is InChI=1S/C33H35IN2O3/c1-4-38-30(37)21-33(19-20-33)28-17-15-25(16-18-28)24-11-13-27(14-12-24)32-31(23(3)36-39-32)35-22(2)9-10-26-7-5-6-8-29(26)34/h5-8,11-18,22,35H,4,9-10,19-21H2,1-3H3. The monoisotopic (exact) mass is 634 g/mol. The number of halogens is 1. The van der Waals surface area contributed by atoms with Crippen LogP contribution in [-0.4, -0.2) is 23.8 Å². The van der Waals surface area contributed by atoms with Crippen molar-refractivity contribution < 1.29 is 14.1 Å². The van der Waals surface area contributed by atoms with E-state index in [4.69, 9.17) is 9.26 Å². The number of hydrogen-bond acceptors (Lipinski definition) is 5. The molecule has 5 nitrogen and oxygen atoms in total. The molecule has 3 aromatic carbocycles. The van der Waals surface area contributed by atoms with E-state index in [9.17, 15) is 4.79 Å². The van der Waals surface area contributed by atoms with Crippen LogP contribution in [0.3, 0.4) is 0 Å². The van der Waals surface area contributed by atoms with Crippen molar-refractivity contribution >= 4 is 34.2 Å². The van der Waals surface area contributed by atoms with E-state index in [1.807, 2.05) is 13.8 Å². The Morgan fingerprint density at radius 1 is 1.03 bits per heavy atom. The summed E-state index contributed by atoms with van der Waals surface area (Å²) in [6.07, 6.45) is 4.57. The summed E-state index contributed by atoms with van der Waals surface area (Å²) in [5, 5.41) is 7.91. The van der Waals surface area contributed by atoms with Crippen LogP contribution in [-0.2, 0) is 21.4 Å². The molecule has 4 aromatic rings. The molecule has 5 rings (SSSR count). The van der Waals surface area contributed by atoms with Crippen LogP contribution in [0.4, 0.5) is 5.69 Å². The predicted octanol–water partition coefficient (Wildman–Crippen LogP) is 8.34. The number of ether oxygens (including phenoxy) is 1. The zero-order valence-corrected chi connectivity index (χ0v) is 25.0. The zero-order valence-electron chi connectivity index (χ0n) is 22.8. The normalized spacial score (nSPS) is 14.6. The summed E-state index contributed by atoms with van der Waals surface area (Å²) in [6, 6.07) is 25.9. The smallest absolute Gasteiger partial charge is 0.306 e. The highest BCUT2D eigenvalue weighted by molar-refractivity contribution is 14.1. The predicted molar refractivity (Wildman–Crippen MR) is 165 cm³/mol. The lowest BCUT2D eigenvalue weighted by atomic mass is 9.91. The number of carbonyl (C=O) groups is 1. The van der Waals surface area contributed by atoms with Gasteiger partial charge in [-0.3, -0.25) is 4.79 Å². The van der Waals surface area contributed by atoms with Gasteiger partial charge in [-0.1, -0.05) is 71.9 Å². The van der Waals surface area contributed by atoms with Gasteiger partial charge in [-0.2, -0.15) is 0 Å². The van der Waals surface area contributed by atoms with Gasteiger partial charge in [0.15, 0.2) is 5.76 Å². The summed E-state index contributed by atoms with van der Waals surface area (Å²) in [5.41, 5.74) is 7.66. The highest BCUT2D eigenvalue weighted by Gasteiger charge is 2.46. The van der Waals surface area contributed by atoms with E-state index in [2.05, 4.69) is 113 Å². The van der Waals surface area contributed by atoms with Crippen molar-refractivity contribution in [3.63, 3.8) is 0 Å². The van der Waals surface area contributed by atoms with Gasteiger partial charge in [0.25, 0.3) is 0 Å². The summed E-state index contributed by atoms with van der Waals surface area (Å²) in [4.78, 5) is 12.1. The maximum atomic E-state index is 12.1. The molecular weight excluding hydrogens is 599 g/mol. The van der Waals surface area contributed by atoms with Crippen molar-refractivity contribution in [3.8, 4) is 22.5 Å². The van der Waals surface area contributed by atoms with E-state index in [1.54, 1.807) is 0 Å². The minimum Gasteiger partial charge on any atom is -0.466 e. The molecule has 0 bridgehead atoms. The second-order valence-electron chi connectivity index (χ2n) is 10.6. The second kappa shape index (κ2) is 11.9. The Balaban J connectivity index is 1.25. The minimum atomic E-state index is -0.105. The van der Waals surface area contributed by atoms with Crippen LogP contribution in [0, 0.1) is 10.5 Å². The van der Waals surface area contributed by atoms with Gasteiger partial charge < -0.3 is 14.6 Å². The molecule has 0 spiro atoms. The van der Waals surface area contributed by atoms with Crippen molar-refractivity contribution in [3.05, 3.63) is 93.2 Å². The maximum absolute atomic E-state index is 12.1. The fourth-order valence-electron chi connectivity index (χ4n) is 5.17. The molecule has 0 aliphatic heterocycles. The number of aromatic nitrogens is 1. The first-order chi connectivity index (χ1) is 18.9. The fourth-order valence-corrected chi connectivity index (χ4v) is 5.82. The molecule has 1 saturated carbocycles. The third-order valence-electron chi connectivity index (χ3n) is 7.68. The van der Waals surface area contributed by atoms with E-state index in [-0.39, 0.29) is 17.4 Å². The van der Waals surface area contributed by atoms with Crippen molar-refractivity contribution in [1.29, 1.82) is 0 Å². The Kier molecular flexibility index (Phi) is 8.40. The third kappa shape index (κ3) is 6.38. The summed E-state index contributed by atoms with van der Waals surface area (Å²) in [7, 11) is 0. The van der Waals surface area contributed by atoms with Gasteiger partial charge in [0.05, 0.1) is 13.0 Å². The largest absolute Gasteiger partial charge is 0.466 e. The van der Waals surface area contributed by atoms with Gasteiger partial charge in [0, 0.05) is 20.6 Å². The van der Waals surface area contributed by atoms with Crippen LogP contribution in [0.5, 0.6) is 0 Å². The lowest BCUT2D eigenvalue weighted by Crippen LogP contribution is -2.17. The Labute approximate surface area is 244 Å². The number of anilines is 1. The zero-order chi connectivity index (χ0) is 27.4. The van der Waals surface area contributed by atoms with Gasteiger partial charge in [-0.15, -0.1) is 0 Å². The van der Waals surface area contributed by atoms with Gasteiger partial charge in [0.1, 0.15) is 11.4 Å². The van der Waals surface area contributed by atoms with Crippen LogP contribution >= 0.6 is 22.6 Å². The fraction of sp³-hybridized carbons (Fsp3) is 0.333. The molecule has 1 aromatic heterocycles. The topological polar surface area (TPSA) is 64.4 Å². The van der Waals surface area contributed by atoms with Crippen molar-refractivity contribution in [2.45, 2.75) is 64.3 Å². The summed E-state index contributed by atoms with van der Waals surface area (Å²) in [6.45, 7) is 6.47. The van der Waals surface area contributed by atoms with Crippen LogP contribution in [0.15, 0.2) is 77.3 Å². The lowest BCUT2D eigenvalue weighted by Gasteiger charge is -2.16. The van der Waals surface area contributed by atoms with Crippen LogP contribution in [0.1, 0.15) is 56.4 Å². The van der Waals surface area contributed by atoms with Gasteiger partial charge in [0.2, 0.25) is 0 Å². The number of nitrogens with one attached hydrogen (secondary N) is 1. The van der Waals surface area contributed by atoms with Crippen LogP contribution in [0.2, 0.25) is 0 Å². The Bertz CT molecular complexity index is 1420. The van der Waals surface area contributed by atoms with E-state index >= 15 is 0 Å². The molecule has 1 unspecified atom stereocenters. The number of benzene rings is 3.